The number of oxazole rings is 1. The Hall–Kier alpha value is -1.55. The molecule has 17 heavy (non-hydrogen) atoms. The fourth-order valence-corrected chi connectivity index (χ4v) is 2.22. The fourth-order valence-electron chi connectivity index (χ4n) is 2.22. The average Bonchev–Trinajstić information content (AvgIpc) is 2.76. The van der Waals surface area contributed by atoms with Crippen LogP contribution >= 0.6 is 0 Å². The van der Waals surface area contributed by atoms with E-state index in [1.807, 2.05) is 29.2 Å². The maximum atomic E-state index is 9.87. The number of nitrogens with zero attached hydrogens (tertiary/aromatic N) is 2. The summed E-state index contributed by atoms with van der Waals surface area (Å²) >= 11 is 0. The van der Waals surface area contributed by atoms with Crippen molar-refractivity contribution in [3.8, 4) is 0 Å². The van der Waals surface area contributed by atoms with E-state index in [-0.39, 0.29) is 6.10 Å². The zero-order chi connectivity index (χ0) is 11.8. The number of piperidine rings is 1. The standard InChI is InChI=1S/C13H16N2O2/c1-9-6-7-15(8-11(9)16)13-14-10-4-2-3-5-12(10)17-13/h2-5,9,11,16H,6-8H2,1H3. The molecule has 2 unspecified atom stereocenters. The number of fused-ring (bicyclic) bond motifs is 1. The van der Waals surface area contributed by atoms with Gasteiger partial charge in [0.05, 0.1) is 6.10 Å². The molecule has 3 rings (SSSR count). The molecular formula is C13H16N2O2. The highest BCUT2D eigenvalue weighted by Crippen LogP contribution is 2.26. The van der Waals surface area contributed by atoms with Crippen LogP contribution in [-0.4, -0.2) is 29.3 Å². The van der Waals surface area contributed by atoms with Gasteiger partial charge in [0.2, 0.25) is 0 Å². The normalized spacial score (nSPS) is 25.4. The SMILES string of the molecule is CC1CCN(c2nc3ccccc3o2)CC1O. The lowest BCUT2D eigenvalue weighted by Crippen LogP contribution is -2.43. The molecule has 0 spiro atoms. The molecule has 1 aliphatic heterocycles. The summed E-state index contributed by atoms with van der Waals surface area (Å²) in [6.45, 7) is 3.58. The third kappa shape index (κ3) is 1.89. The van der Waals surface area contributed by atoms with Crippen LogP contribution in [0.25, 0.3) is 11.1 Å². The van der Waals surface area contributed by atoms with Crippen LogP contribution in [0.4, 0.5) is 6.01 Å². The van der Waals surface area contributed by atoms with Crippen molar-refractivity contribution in [3.63, 3.8) is 0 Å². The lowest BCUT2D eigenvalue weighted by atomic mass is 9.96. The van der Waals surface area contributed by atoms with Crippen molar-refractivity contribution in [2.45, 2.75) is 19.4 Å². The average molecular weight is 232 g/mol. The molecule has 0 aliphatic carbocycles. The number of hydrogen-bond donors (Lipinski definition) is 1. The molecule has 1 aromatic carbocycles. The van der Waals surface area contributed by atoms with E-state index in [0.29, 0.717) is 18.5 Å². The zero-order valence-electron chi connectivity index (χ0n) is 9.84. The van der Waals surface area contributed by atoms with E-state index in [1.165, 1.54) is 0 Å². The van der Waals surface area contributed by atoms with Crippen LogP contribution in [-0.2, 0) is 0 Å². The summed E-state index contributed by atoms with van der Waals surface area (Å²) in [5.74, 6) is 0.357. The smallest absolute Gasteiger partial charge is 0.298 e. The van der Waals surface area contributed by atoms with E-state index in [4.69, 9.17) is 4.42 Å². The van der Waals surface area contributed by atoms with Crippen LogP contribution < -0.4 is 4.90 Å². The number of para-hydroxylation sites is 2. The van der Waals surface area contributed by atoms with E-state index in [0.717, 1.165) is 24.1 Å². The second-order valence-electron chi connectivity index (χ2n) is 4.74. The van der Waals surface area contributed by atoms with Crippen LogP contribution in [0.5, 0.6) is 0 Å². The number of benzene rings is 1. The fraction of sp³-hybridized carbons (Fsp3) is 0.462. The van der Waals surface area contributed by atoms with Gasteiger partial charge in [-0.2, -0.15) is 4.98 Å². The van der Waals surface area contributed by atoms with Gasteiger partial charge in [0.15, 0.2) is 5.58 Å². The van der Waals surface area contributed by atoms with Gasteiger partial charge in [-0.15, -0.1) is 0 Å². The van der Waals surface area contributed by atoms with E-state index in [1.54, 1.807) is 0 Å². The summed E-state index contributed by atoms with van der Waals surface area (Å²) in [5.41, 5.74) is 1.67. The Morgan fingerprint density at radius 3 is 3.00 bits per heavy atom. The van der Waals surface area contributed by atoms with Crippen molar-refractivity contribution in [1.29, 1.82) is 0 Å². The van der Waals surface area contributed by atoms with Crippen molar-refractivity contribution < 1.29 is 9.52 Å². The molecule has 0 radical (unpaired) electrons. The van der Waals surface area contributed by atoms with Crippen LogP contribution in [0.2, 0.25) is 0 Å². The third-order valence-corrected chi connectivity index (χ3v) is 3.47. The van der Waals surface area contributed by atoms with E-state index in [9.17, 15) is 5.11 Å². The highest BCUT2D eigenvalue weighted by Gasteiger charge is 2.26. The first-order valence-corrected chi connectivity index (χ1v) is 6.02. The van der Waals surface area contributed by atoms with Crippen LogP contribution in [0.3, 0.4) is 0 Å². The van der Waals surface area contributed by atoms with Crippen molar-refractivity contribution in [2.75, 3.05) is 18.0 Å². The minimum atomic E-state index is -0.293. The summed E-state index contributed by atoms with van der Waals surface area (Å²) in [6.07, 6.45) is 0.679. The van der Waals surface area contributed by atoms with Gasteiger partial charge in [-0.1, -0.05) is 19.1 Å². The Morgan fingerprint density at radius 2 is 2.24 bits per heavy atom. The van der Waals surface area contributed by atoms with Gasteiger partial charge < -0.3 is 14.4 Å². The van der Waals surface area contributed by atoms with E-state index >= 15 is 0 Å². The molecule has 1 N–H and O–H groups in total. The molecule has 0 saturated carbocycles. The quantitative estimate of drug-likeness (QED) is 0.817. The molecule has 4 heteroatoms. The van der Waals surface area contributed by atoms with Crippen LogP contribution in [0.1, 0.15) is 13.3 Å². The molecule has 2 atom stereocenters. The first kappa shape index (κ1) is 10.6. The summed E-state index contributed by atoms with van der Waals surface area (Å²) in [6, 6.07) is 8.35. The molecule has 2 aromatic rings. The van der Waals surface area contributed by atoms with Crippen molar-refractivity contribution >= 4 is 17.1 Å². The number of hydrogen-bond acceptors (Lipinski definition) is 4. The Morgan fingerprint density at radius 1 is 1.41 bits per heavy atom. The summed E-state index contributed by atoms with van der Waals surface area (Å²) in [5, 5.41) is 9.87. The monoisotopic (exact) mass is 232 g/mol. The molecule has 0 bridgehead atoms. The van der Waals surface area contributed by atoms with Crippen molar-refractivity contribution in [3.05, 3.63) is 24.3 Å². The molecule has 0 amide bonds. The van der Waals surface area contributed by atoms with Gasteiger partial charge in [-0.05, 0) is 24.5 Å². The summed E-state index contributed by atoms with van der Waals surface area (Å²) in [4.78, 5) is 6.46. The predicted molar refractivity (Wildman–Crippen MR) is 66.0 cm³/mol. The molecule has 2 heterocycles. The number of aliphatic hydroxyl groups excluding tert-OH is 1. The van der Waals surface area contributed by atoms with Gasteiger partial charge in [-0.3, -0.25) is 0 Å². The minimum absolute atomic E-state index is 0.293. The highest BCUT2D eigenvalue weighted by atomic mass is 16.4. The molecular weight excluding hydrogens is 216 g/mol. The number of aromatic nitrogens is 1. The highest BCUT2D eigenvalue weighted by molar-refractivity contribution is 5.74. The molecule has 1 fully saturated rings. The van der Waals surface area contributed by atoms with Gasteiger partial charge >= 0.3 is 0 Å². The summed E-state index contributed by atoms with van der Waals surface area (Å²) in [7, 11) is 0. The van der Waals surface area contributed by atoms with Crippen LogP contribution in [0, 0.1) is 5.92 Å². The second-order valence-corrected chi connectivity index (χ2v) is 4.74. The molecule has 90 valence electrons. The third-order valence-electron chi connectivity index (χ3n) is 3.47. The van der Waals surface area contributed by atoms with Crippen molar-refractivity contribution in [1.82, 2.24) is 4.98 Å². The van der Waals surface area contributed by atoms with Gasteiger partial charge in [-0.25, -0.2) is 0 Å². The van der Waals surface area contributed by atoms with E-state index in [2.05, 4.69) is 11.9 Å². The van der Waals surface area contributed by atoms with Gasteiger partial charge in [0, 0.05) is 13.1 Å². The number of anilines is 1. The zero-order valence-corrected chi connectivity index (χ0v) is 9.84. The second kappa shape index (κ2) is 4.04. The molecule has 4 nitrogen and oxygen atoms in total. The Balaban J connectivity index is 1.88. The number of β-amino-alcohol motifs (C(OH)–C–C–N with tert-alkyl or cyclic N) is 1. The lowest BCUT2D eigenvalue weighted by molar-refractivity contribution is 0.101. The minimum Gasteiger partial charge on any atom is -0.423 e. The van der Waals surface area contributed by atoms with Gasteiger partial charge in [0.25, 0.3) is 6.01 Å². The predicted octanol–water partition coefficient (Wildman–Crippen LogP) is 2.03. The Labute approximate surface area is 99.9 Å². The van der Waals surface area contributed by atoms with Gasteiger partial charge in [0.1, 0.15) is 5.52 Å². The summed E-state index contributed by atoms with van der Waals surface area (Å²) < 4.78 is 5.69. The largest absolute Gasteiger partial charge is 0.423 e. The van der Waals surface area contributed by atoms with E-state index < -0.39 is 0 Å². The number of aliphatic hydroxyl groups is 1. The lowest BCUT2D eigenvalue weighted by Gasteiger charge is -2.33. The first-order valence-electron chi connectivity index (χ1n) is 6.02. The first-order chi connectivity index (χ1) is 8.24. The maximum absolute atomic E-state index is 9.87. The maximum Gasteiger partial charge on any atom is 0.298 e. The molecule has 1 aliphatic rings. The van der Waals surface area contributed by atoms with Crippen molar-refractivity contribution in [2.24, 2.45) is 5.92 Å². The Bertz CT molecular complexity index is 490. The molecule has 1 saturated heterocycles. The topological polar surface area (TPSA) is 49.5 Å². The molecule has 1 aromatic heterocycles. The Kier molecular flexibility index (Phi) is 2.52. The van der Waals surface area contributed by atoms with Crippen LogP contribution in [0.15, 0.2) is 28.7 Å². The number of rotatable bonds is 1.